The van der Waals surface area contributed by atoms with Gasteiger partial charge < -0.3 is 14.0 Å². The van der Waals surface area contributed by atoms with Gasteiger partial charge in [-0.1, -0.05) is 0 Å². The number of halogens is 7. The largest absolute Gasteiger partial charge is 0.743 e. The summed E-state index contributed by atoms with van der Waals surface area (Å²) in [6, 6.07) is 3.49. The summed E-state index contributed by atoms with van der Waals surface area (Å²) in [5, 5.41) is -5.83. The molecule has 0 amide bonds. The van der Waals surface area contributed by atoms with Crippen LogP contribution in [0.4, 0.5) is 17.6 Å². The predicted octanol–water partition coefficient (Wildman–Crippen LogP) is 4.14. The van der Waals surface area contributed by atoms with Crippen LogP contribution in [0.5, 0.6) is 0 Å². The molecule has 0 bridgehead atoms. The summed E-state index contributed by atoms with van der Waals surface area (Å²) in [7, 11) is -6.59. The molecule has 1 aromatic rings. The maximum absolute atomic E-state index is 13.2. The number of carbonyl (C=O) groups excluding carboxylic acids is 2. The van der Waals surface area contributed by atoms with Gasteiger partial charge in [0, 0.05) is 17.1 Å². The summed E-state index contributed by atoms with van der Waals surface area (Å²) in [5.74, 6) is -6.87. The molecule has 0 fully saturated rings. The van der Waals surface area contributed by atoms with Gasteiger partial charge in [0.2, 0.25) is 0 Å². The highest BCUT2D eigenvalue weighted by Gasteiger charge is 2.61. The molecule has 170 valence electrons. The van der Waals surface area contributed by atoms with Crippen LogP contribution in [0.25, 0.3) is 0 Å². The summed E-state index contributed by atoms with van der Waals surface area (Å²) < 4.78 is 94.8. The molecule has 30 heavy (non-hydrogen) atoms. The Morgan fingerprint density at radius 2 is 1.63 bits per heavy atom. The SMILES string of the molecule is O=C(CCCOC(=O)c1cc(I)cc(I)c1I)OCCC(F)(F)C(F)(F)S(=O)(=O)[O-]. The topological polar surface area (TPSA) is 110 Å². The second-order valence-corrected chi connectivity index (χ2v) is 10.5. The summed E-state index contributed by atoms with van der Waals surface area (Å²) >= 11 is 6.07. The zero-order valence-electron chi connectivity index (χ0n) is 14.6. The molecule has 1 rings (SSSR count). The number of benzene rings is 1. The first-order valence-corrected chi connectivity index (χ1v) is 12.4. The highest BCUT2D eigenvalue weighted by atomic mass is 127. The van der Waals surface area contributed by atoms with Crippen LogP contribution in [-0.4, -0.2) is 49.3 Å². The van der Waals surface area contributed by atoms with Gasteiger partial charge in [-0.2, -0.15) is 17.6 Å². The molecule has 0 radical (unpaired) electrons. The highest BCUT2D eigenvalue weighted by Crippen LogP contribution is 2.40. The Morgan fingerprint density at radius 1 is 1.03 bits per heavy atom. The number of esters is 2. The first kappa shape index (κ1) is 28.0. The molecular weight excluding hydrogens is 781 g/mol. The maximum atomic E-state index is 13.2. The van der Waals surface area contributed by atoms with Crippen LogP contribution in [0.2, 0.25) is 0 Å². The van der Waals surface area contributed by atoms with E-state index in [1.54, 1.807) is 6.07 Å². The molecule has 1 aromatic carbocycles. The minimum atomic E-state index is -6.59. The third kappa shape index (κ3) is 7.54. The molecule has 0 aliphatic carbocycles. The van der Waals surface area contributed by atoms with Crippen LogP contribution in [0, 0.1) is 10.7 Å². The molecule has 0 heterocycles. The van der Waals surface area contributed by atoms with Gasteiger partial charge in [0.05, 0.1) is 25.2 Å². The van der Waals surface area contributed by atoms with Crippen molar-refractivity contribution < 1.29 is 49.6 Å². The number of hydrogen-bond acceptors (Lipinski definition) is 7. The summed E-state index contributed by atoms with van der Waals surface area (Å²) in [4.78, 5) is 23.5. The average molecular weight is 793 g/mol. The standard InChI is InChI=1S/C15H13F4I3O7S/c16-14(17,15(18,19)30(25,26)27)3-5-28-11(23)2-1-4-29-13(24)9-6-8(20)7-10(21)12(9)22/h6-7H,1-5H2,(H,25,26,27)/p-1. The van der Waals surface area contributed by atoms with Crippen molar-refractivity contribution in [3.8, 4) is 0 Å². The van der Waals surface area contributed by atoms with E-state index in [9.17, 15) is 40.1 Å². The van der Waals surface area contributed by atoms with Crippen LogP contribution >= 0.6 is 67.8 Å². The predicted molar refractivity (Wildman–Crippen MR) is 119 cm³/mol. The van der Waals surface area contributed by atoms with Gasteiger partial charge in [-0.3, -0.25) is 4.79 Å². The minimum Gasteiger partial charge on any atom is -0.743 e. The van der Waals surface area contributed by atoms with Crippen molar-refractivity contribution in [2.45, 2.75) is 30.4 Å². The number of rotatable bonds is 10. The van der Waals surface area contributed by atoms with E-state index in [1.807, 2.05) is 51.2 Å². The van der Waals surface area contributed by atoms with Crippen molar-refractivity contribution in [1.29, 1.82) is 0 Å². The van der Waals surface area contributed by atoms with Gasteiger partial charge in [-0.25, -0.2) is 13.2 Å². The first-order valence-electron chi connectivity index (χ1n) is 7.78. The van der Waals surface area contributed by atoms with Gasteiger partial charge in [0.15, 0.2) is 10.1 Å². The Morgan fingerprint density at radius 3 is 2.20 bits per heavy atom. The van der Waals surface area contributed by atoms with E-state index in [-0.39, 0.29) is 19.4 Å². The molecule has 0 aliphatic heterocycles. The van der Waals surface area contributed by atoms with Gasteiger partial charge in [0.25, 0.3) is 0 Å². The van der Waals surface area contributed by atoms with Crippen LogP contribution < -0.4 is 0 Å². The fraction of sp³-hybridized carbons (Fsp3) is 0.467. The maximum Gasteiger partial charge on any atom is 0.396 e. The Labute approximate surface area is 209 Å². The lowest BCUT2D eigenvalue weighted by molar-refractivity contribution is -0.174. The minimum absolute atomic E-state index is 0.0241. The van der Waals surface area contributed by atoms with E-state index in [4.69, 9.17) is 4.74 Å². The van der Waals surface area contributed by atoms with E-state index in [0.29, 0.717) is 9.13 Å². The quantitative estimate of drug-likeness (QED) is 0.0876. The normalized spacial score (nSPS) is 12.5. The second kappa shape index (κ2) is 11.2. The molecule has 0 atom stereocenters. The van der Waals surface area contributed by atoms with Crippen LogP contribution in [-0.2, 0) is 24.4 Å². The smallest absolute Gasteiger partial charge is 0.396 e. The van der Waals surface area contributed by atoms with E-state index < -0.39 is 46.3 Å². The van der Waals surface area contributed by atoms with Crippen LogP contribution in [0.15, 0.2) is 12.1 Å². The summed E-state index contributed by atoms with van der Waals surface area (Å²) in [6.07, 6.45) is -2.24. The summed E-state index contributed by atoms with van der Waals surface area (Å²) in [5.41, 5.74) is 0.339. The van der Waals surface area contributed by atoms with Gasteiger partial charge >= 0.3 is 23.1 Å². The summed E-state index contributed by atoms with van der Waals surface area (Å²) in [6.45, 7) is -1.41. The van der Waals surface area contributed by atoms with Crippen molar-refractivity contribution in [3.63, 3.8) is 0 Å². The first-order chi connectivity index (χ1) is 13.6. The highest BCUT2D eigenvalue weighted by molar-refractivity contribution is 14.1. The lowest BCUT2D eigenvalue weighted by atomic mass is 10.2. The molecule has 0 saturated heterocycles. The molecule has 0 saturated carbocycles. The third-order valence-electron chi connectivity index (χ3n) is 3.39. The van der Waals surface area contributed by atoms with Crippen molar-refractivity contribution >= 4 is 89.8 Å². The lowest BCUT2D eigenvalue weighted by Gasteiger charge is -2.28. The third-order valence-corrected chi connectivity index (χ3v) is 7.98. The zero-order valence-corrected chi connectivity index (χ0v) is 21.9. The van der Waals surface area contributed by atoms with E-state index in [0.717, 1.165) is 7.14 Å². The number of hydrogen-bond donors (Lipinski definition) is 0. The lowest BCUT2D eigenvalue weighted by Crippen LogP contribution is -2.47. The van der Waals surface area contributed by atoms with Gasteiger partial charge in [-0.15, -0.1) is 0 Å². The Balaban J connectivity index is 2.42. The Kier molecular flexibility index (Phi) is 10.5. The number of alkyl halides is 4. The van der Waals surface area contributed by atoms with E-state index in [2.05, 4.69) is 27.3 Å². The van der Waals surface area contributed by atoms with Gasteiger partial charge in [0.1, 0.15) is 0 Å². The molecule has 0 spiro atoms. The molecule has 15 heteroatoms. The van der Waals surface area contributed by atoms with E-state index in [1.165, 1.54) is 0 Å². The zero-order chi connectivity index (χ0) is 23.3. The van der Waals surface area contributed by atoms with Crippen LogP contribution in [0.3, 0.4) is 0 Å². The molecule has 0 N–H and O–H groups in total. The second-order valence-electron chi connectivity index (χ2n) is 5.63. The molecule has 0 aromatic heterocycles. The van der Waals surface area contributed by atoms with Crippen molar-refractivity contribution in [2.75, 3.05) is 13.2 Å². The fourth-order valence-corrected chi connectivity index (χ4v) is 4.70. The number of carbonyl (C=O) groups is 2. The molecule has 0 aliphatic rings. The van der Waals surface area contributed by atoms with Crippen molar-refractivity contribution in [2.24, 2.45) is 0 Å². The number of ether oxygens (including phenoxy) is 2. The monoisotopic (exact) mass is 793 g/mol. The van der Waals surface area contributed by atoms with Gasteiger partial charge in [-0.05, 0) is 86.3 Å². The fourth-order valence-electron chi connectivity index (χ4n) is 1.86. The molecular formula is C15H12F4I3O7S-. The Bertz CT molecular complexity index is 910. The van der Waals surface area contributed by atoms with Crippen LogP contribution in [0.1, 0.15) is 29.6 Å². The van der Waals surface area contributed by atoms with Crippen molar-refractivity contribution in [3.05, 3.63) is 28.4 Å². The molecule has 0 unspecified atom stereocenters. The average Bonchev–Trinajstić information content (AvgIpc) is 2.60. The van der Waals surface area contributed by atoms with E-state index >= 15 is 0 Å². The Hall–Kier alpha value is -0.0200. The molecule has 7 nitrogen and oxygen atoms in total. The van der Waals surface area contributed by atoms with Crippen molar-refractivity contribution in [1.82, 2.24) is 0 Å².